The zero-order chi connectivity index (χ0) is 20.4. The van der Waals surface area contributed by atoms with Crippen molar-refractivity contribution >= 4 is 44.8 Å². The second-order valence-electron chi connectivity index (χ2n) is 5.95. The van der Waals surface area contributed by atoms with Gasteiger partial charge in [-0.15, -0.1) is 0 Å². The van der Waals surface area contributed by atoms with E-state index in [1.165, 1.54) is 19.1 Å². The minimum Gasteiger partial charge on any atom is -0.480 e. The molecule has 27 heavy (non-hydrogen) atoms. The van der Waals surface area contributed by atoms with Gasteiger partial charge in [-0.2, -0.15) is 13.2 Å². The smallest absolute Gasteiger partial charge is 0.418 e. The zero-order valence-electron chi connectivity index (χ0n) is 14.7. The predicted molar refractivity (Wildman–Crippen MR) is 104 cm³/mol. The van der Waals surface area contributed by atoms with Crippen molar-refractivity contribution in [1.29, 1.82) is 0 Å². The third-order valence-electron chi connectivity index (χ3n) is 3.65. The number of hydrogen-bond donors (Lipinski definition) is 1. The van der Waals surface area contributed by atoms with Gasteiger partial charge in [-0.25, -0.2) is 0 Å². The second-order valence-corrected chi connectivity index (χ2v) is 7.24. The summed E-state index contributed by atoms with van der Waals surface area (Å²) in [5, 5.41) is 2.76. The molecule has 1 unspecified atom stereocenters. The van der Waals surface area contributed by atoms with E-state index in [1.807, 2.05) is 0 Å². The molecule has 1 amide bonds. The van der Waals surface area contributed by atoms with Crippen molar-refractivity contribution in [3.05, 3.63) is 51.5 Å². The van der Waals surface area contributed by atoms with Crippen LogP contribution in [0.4, 0.5) is 24.5 Å². The van der Waals surface area contributed by atoms with Crippen LogP contribution >= 0.6 is 27.5 Å². The third-order valence-corrected chi connectivity index (χ3v) is 4.50. The van der Waals surface area contributed by atoms with Gasteiger partial charge in [0.1, 0.15) is 5.75 Å². The van der Waals surface area contributed by atoms with Gasteiger partial charge >= 0.3 is 6.18 Å². The van der Waals surface area contributed by atoms with E-state index in [9.17, 15) is 18.0 Å². The number of nitrogens with one attached hydrogen (secondary N) is 1. The van der Waals surface area contributed by atoms with Gasteiger partial charge in [-0.05, 0) is 59.3 Å². The van der Waals surface area contributed by atoms with Gasteiger partial charge in [0, 0.05) is 24.8 Å². The molecule has 0 saturated carbocycles. The predicted octanol–water partition coefficient (Wildman–Crippen LogP) is 5.59. The van der Waals surface area contributed by atoms with Crippen LogP contribution in [0.15, 0.2) is 40.9 Å². The zero-order valence-corrected chi connectivity index (χ0v) is 17.0. The average molecular weight is 466 g/mol. The lowest BCUT2D eigenvalue weighted by atomic mass is 10.1. The number of carbonyl (C=O) groups excluding carboxylic acids is 1. The van der Waals surface area contributed by atoms with E-state index in [-0.39, 0.29) is 5.69 Å². The van der Waals surface area contributed by atoms with E-state index in [2.05, 4.69) is 21.2 Å². The number of halogens is 5. The van der Waals surface area contributed by atoms with Crippen LogP contribution in [0.25, 0.3) is 0 Å². The first-order valence-electron chi connectivity index (χ1n) is 7.80. The van der Waals surface area contributed by atoms with Crippen LogP contribution in [-0.4, -0.2) is 26.1 Å². The van der Waals surface area contributed by atoms with Gasteiger partial charge in [0.05, 0.1) is 15.7 Å². The lowest BCUT2D eigenvalue weighted by Crippen LogP contribution is -2.31. The molecule has 1 N–H and O–H groups in total. The number of ether oxygens (including phenoxy) is 1. The minimum absolute atomic E-state index is 0.330. The molecule has 0 aromatic heterocycles. The fourth-order valence-electron chi connectivity index (χ4n) is 2.20. The number of amides is 1. The average Bonchev–Trinajstić information content (AvgIpc) is 2.56. The number of carbonyl (C=O) groups is 1. The van der Waals surface area contributed by atoms with Crippen molar-refractivity contribution in [3.8, 4) is 5.75 Å². The largest absolute Gasteiger partial charge is 0.480 e. The number of hydrogen-bond acceptors (Lipinski definition) is 3. The molecule has 0 radical (unpaired) electrons. The van der Waals surface area contributed by atoms with Crippen LogP contribution in [0, 0.1) is 0 Å². The first kappa shape index (κ1) is 21.4. The Bertz CT molecular complexity index is 844. The van der Waals surface area contributed by atoms with Gasteiger partial charge in [0.15, 0.2) is 6.10 Å². The molecule has 0 spiro atoms. The highest BCUT2D eigenvalue weighted by molar-refractivity contribution is 9.10. The molecular weight excluding hydrogens is 449 g/mol. The molecular formula is C18H17BrClF3N2O2. The van der Waals surface area contributed by atoms with E-state index < -0.39 is 23.8 Å². The Morgan fingerprint density at radius 1 is 1.22 bits per heavy atom. The van der Waals surface area contributed by atoms with Crippen molar-refractivity contribution in [3.63, 3.8) is 0 Å². The van der Waals surface area contributed by atoms with Crippen LogP contribution in [-0.2, 0) is 11.0 Å². The maximum Gasteiger partial charge on any atom is 0.418 e. The highest BCUT2D eigenvalue weighted by atomic mass is 79.9. The number of alkyl halides is 3. The van der Waals surface area contributed by atoms with E-state index >= 15 is 0 Å². The molecule has 0 heterocycles. The van der Waals surface area contributed by atoms with Crippen LogP contribution in [0.5, 0.6) is 5.75 Å². The lowest BCUT2D eigenvalue weighted by Gasteiger charge is -2.20. The van der Waals surface area contributed by atoms with Crippen LogP contribution < -0.4 is 15.0 Å². The molecule has 0 aliphatic carbocycles. The van der Waals surface area contributed by atoms with Crippen LogP contribution in [0.1, 0.15) is 12.5 Å². The Labute approximate surface area is 168 Å². The summed E-state index contributed by atoms with van der Waals surface area (Å²) in [6, 6.07) is 8.42. The van der Waals surface area contributed by atoms with Crippen molar-refractivity contribution in [2.75, 3.05) is 24.3 Å². The second kappa shape index (κ2) is 8.39. The Morgan fingerprint density at radius 2 is 1.89 bits per heavy atom. The maximum absolute atomic E-state index is 13.4. The van der Waals surface area contributed by atoms with E-state index in [1.54, 1.807) is 37.2 Å². The number of rotatable bonds is 5. The van der Waals surface area contributed by atoms with Crippen molar-refractivity contribution in [2.24, 2.45) is 0 Å². The normalized spacial score (nSPS) is 12.4. The quantitative estimate of drug-likeness (QED) is 0.625. The fourth-order valence-corrected chi connectivity index (χ4v) is 2.98. The third kappa shape index (κ3) is 5.52. The first-order chi connectivity index (χ1) is 12.5. The number of anilines is 2. The standard InChI is InChI=1S/C18H17BrClF3N2O2/c1-10(27-16-7-4-11(20)8-14(16)19)17(26)24-15-6-5-12(25(2)3)9-13(15)18(21,22)23/h4-10H,1-3H3,(H,24,26). The summed E-state index contributed by atoms with van der Waals surface area (Å²) >= 11 is 9.10. The molecule has 0 saturated heterocycles. The fraction of sp³-hybridized carbons (Fsp3) is 0.278. The summed E-state index contributed by atoms with van der Waals surface area (Å²) in [5.74, 6) is -0.360. The van der Waals surface area contributed by atoms with Gasteiger partial charge in [0.2, 0.25) is 0 Å². The van der Waals surface area contributed by atoms with E-state index in [0.29, 0.717) is 20.9 Å². The van der Waals surface area contributed by atoms with Gasteiger partial charge in [-0.3, -0.25) is 4.79 Å². The van der Waals surface area contributed by atoms with Crippen LogP contribution in [0.3, 0.4) is 0 Å². The molecule has 0 aliphatic rings. The molecule has 4 nitrogen and oxygen atoms in total. The number of benzene rings is 2. The van der Waals surface area contributed by atoms with E-state index in [4.69, 9.17) is 16.3 Å². The van der Waals surface area contributed by atoms with Crippen molar-refractivity contribution in [2.45, 2.75) is 19.2 Å². The SMILES string of the molecule is CC(Oc1ccc(Cl)cc1Br)C(=O)Nc1ccc(N(C)C)cc1C(F)(F)F. The van der Waals surface area contributed by atoms with Crippen LogP contribution in [0.2, 0.25) is 5.02 Å². The summed E-state index contributed by atoms with van der Waals surface area (Å²) in [4.78, 5) is 13.9. The van der Waals surface area contributed by atoms with Crippen molar-refractivity contribution in [1.82, 2.24) is 0 Å². The Morgan fingerprint density at radius 3 is 2.44 bits per heavy atom. The van der Waals surface area contributed by atoms with Gasteiger partial charge in [-0.1, -0.05) is 11.6 Å². The summed E-state index contributed by atoms with van der Waals surface area (Å²) in [6.45, 7) is 1.44. The number of nitrogens with zero attached hydrogens (tertiary/aromatic N) is 1. The van der Waals surface area contributed by atoms with Gasteiger partial charge in [0.25, 0.3) is 5.91 Å². The molecule has 1 atom stereocenters. The molecule has 0 bridgehead atoms. The maximum atomic E-state index is 13.4. The molecule has 2 aromatic carbocycles. The molecule has 2 rings (SSSR count). The monoisotopic (exact) mass is 464 g/mol. The summed E-state index contributed by atoms with van der Waals surface area (Å²) in [6.07, 6.45) is -5.64. The highest BCUT2D eigenvalue weighted by Gasteiger charge is 2.35. The molecule has 0 aliphatic heterocycles. The van der Waals surface area contributed by atoms with E-state index in [0.717, 1.165) is 6.07 Å². The summed E-state index contributed by atoms with van der Waals surface area (Å²) in [7, 11) is 3.27. The summed E-state index contributed by atoms with van der Waals surface area (Å²) in [5.41, 5.74) is -0.889. The van der Waals surface area contributed by atoms with Crippen molar-refractivity contribution < 1.29 is 22.7 Å². The molecule has 146 valence electrons. The Hall–Kier alpha value is -1.93. The topological polar surface area (TPSA) is 41.6 Å². The summed E-state index contributed by atoms with van der Waals surface area (Å²) < 4.78 is 46.1. The molecule has 0 fully saturated rings. The minimum atomic E-state index is -4.61. The molecule has 9 heteroatoms. The Kier molecular flexibility index (Phi) is 6.64. The first-order valence-corrected chi connectivity index (χ1v) is 8.97. The highest BCUT2D eigenvalue weighted by Crippen LogP contribution is 2.37. The Balaban J connectivity index is 2.21. The van der Waals surface area contributed by atoms with Gasteiger partial charge < -0.3 is 15.0 Å². The molecule has 2 aromatic rings. The lowest BCUT2D eigenvalue weighted by molar-refractivity contribution is -0.137.